The Hall–Kier alpha value is -1.67. The van der Waals surface area contributed by atoms with E-state index in [-0.39, 0.29) is 5.75 Å². The number of aromatic hydroxyl groups is 1. The van der Waals surface area contributed by atoms with E-state index in [1.54, 1.807) is 25.3 Å². The van der Waals surface area contributed by atoms with Gasteiger partial charge in [0.25, 0.3) is 0 Å². The highest BCUT2D eigenvalue weighted by Gasteiger charge is 2.06. The Labute approximate surface area is 105 Å². The molecule has 0 atom stereocenters. The third kappa shape index (κ3) is 2.71. The van der Waals surface area contributed by atoms with Gasteiger partial charge in [-0.3, -0.25) is 0 Å². The minimum Gasteiger partial charge on any atom is -0.508 e. The standard InChI is InChI=1S/C14H13ClO2/c1-17-11-7-5-10(6-8-11)9-12-13(15)3-2-4-14(12)16/h2-8,16H,9H2,1H3. The molecule has 0 saturated carbocycles. The quantitative estimate of drug-likeness (QED) is 0.899. The van der Waals surface area contributed by atoms with Crippen molar-refractivity contribution in [3.8, 4) is 11.5 Å². The van der Waals surface area contributed by atoms with Crippen LogP contribution in [0.4, 0.5) is 0 Å². The SMILES string of the molecule is COc1ccc(Cc2c(O)cccc2Cl)cc1. The summed E-state index contributed by atoms with van der Waals surface area (Å²) in [6.45, 7) is 0. The summed E-state index contributed by atoms with van der Waals surface area (Å²) >= 11 is 6.05. The van der Waals surface area contributed by atoms with Gasteiger partial charge in [0.2, 0.25) is 0 Å². The predicted octanol–water partition coefficient (Wildman–Crippen LogP) is 3.65. The highest BCUT2D eigenvalue weighted by atomic mass is 35.5. The lowest BCUT2D eigenvalue weighted by Gasteiger charge is -2.07. The Kier molecular flexibility index (Phi) is 3.55. The fourth-order valence-electron chi connectivity index (χ4n) is 1.67. The summed E-state index contributed by atoms with van der Waals surface area (Å²) in [5.74, 6) is 1.05. The molecule has 3 heteroatoms. The Balaban J connectivity index is 2.25. The molecule has 0 amide bonds. The molecule has 2 aromatic carbocycles. The molecule has 0 bridgehead atoms. The largest absolute Gasteiger partial charge is 0.508 e. The third-order valence-electron chi connectivity index (χ3n) is 2.63. The number of ether oxygens (including phenoxy) is 1. The van der Waals surface area contributed by atoms with Gasteiger partial charge in [0.15, 0.2) is 0 Å². The summed E-state index contributed by atoms with van der Waals surface area (Å²) in [6.07, 6.45) is 0.607. The molecule has 2 nitrogen and oxygen atoms in total. The minimum absolute atomic E-state index is 0.230. The second-order valence-corrected chi connectivity index (χ2v) is 4.17. The molecule has 2 aromatic rings. The van der Waals surface area contributed by atoms with Gasteiger partial charge in [0.05, 0.1) is 7.11 Å². The van der Waals surface area contributed by atoms with Crippen molar-refractivity contribution in [1.29, 1.82) is 0 Å². The maximum atomic E-state index is 9.74. The average Bonchev–Trinajstić information content (AvgIpc) is 2.35. The monoisotopic (exact) mass is 248 g/mol. The van der Waals surface area contributed by atoms with Crippen molar-refractivity contribution in [3.63, 3.8) is 0 Å². The molecule has 0 heterocycles. The van der Waals surface area contributed by atoms with Gasteiger partial charge in [-0.05, 0) is 29.8 Å². The number of rotatable bonds is 3. The van der Waals surface area contributed by atoms with Crippen LogP contribution in [0.15, 0.2) is 42.5 Å². The van der Waals surface area contributed by atoms with E-state index in [0.717, 1.165) is 16.9 Å². The first-order chi connectivity index (χ1) is 8.20. The summed E-state index contributed by atoms with van der Waals surface area (Å²) in [7, 11) is 1.63. The Morgan fingerprint density at radius 1 is 1.12 bits per heavy atom. The highest BCUT2D eigenvalue weighted by molar-refractivity contribution is 6.31. The van der Waals surface area contributed by atoms with Crippen LogP contribution in [0.25, 0.3) is 0 Å². The van der Waals surface area contributed by atoms with Gasteiger partial charge in [-0.1, -0.05) is 29.8 Å². The number of benzene rings is 2. The van der Waals surface area contributed by atoms with Gasteiger partial charge in [0, 0.05) is 17.0 Å². The van der Waals surface area contributed by atoms with Crippen molar-refractivity contribution in [3.05, 3.63) is 58.6 Å². The number of hydrogen-bond donors (Lipinski definition) is 1. The van der Waals surface area contributed by atoms with Crippen LogP contribution in [-0.2, 0) is 6.42 Å². The van der Waals surface area contributed by atoms with Crippen molar-refractivity contribution in [2.24, 2.45) is 0 Å². The summed E-state index contributed by atoms with van der Waals surface area (Å²) < 4.78 is 5.09. The van der Waals surface area contributed by atoms with Crippen LogP contribution in [0.5, 0.6) is 11.5 Å². The summed E-state index contributed by atoms with van der Waals surface area (Å²) in [5.41, 5.74) is 1.83. The van der Waals surface area contributed by atoms with E-state index in [4.69, 9.17) is 16.3 Å². The molecular weight excluding hydrogens is 236 g/mol. The Bertz CT molecular complexity index is 486. The van der Waals surface area contributed by atoms with Crippen molar-refractivity contribution >= 4 is 11.6 Å². The first-order valence-corrected chi connectivity index (χ1v) is 5.68. The fourth-order valence-corrected chi connectivity index (χ4v) is 1.91. The van der Waals surface area contributed by atoms with Crippen molar-refractivity contribution in [2.75, 3.05) is 7.11 Å². The fraction of sp³-hybridized carbons (Fsp3) is 0.143. The van der Waals surface area contributed by atoms with Gasteiger partial charge >= 0.3 is 0 Å². The number of methoxy groups -OCH3 is 1. The zero-order valence-corrected chi connectivity index (χ0v) is 10.2. The van der Waals surface area contributed by atoms with E-state index in [1.807, 2.05) is 24.3 Å². The Morgan fingerprint density at radius 3 is 2.41 bits per heavy atom. The molecular formula is C14H13ClO2. The van der Waals surface area contributed by atoms with Crippen LogP contribution in [-0.4, -0.2) is 12.2 Å². The van der Waals surface area contributed by atoms with Crippen LogP contribution in [0.2, 0.25) is 5.02 Å². The smallest absolute Gasteiger partial charge is 0.120 e. The second kappa shape index (κ2) is 5.11. The molecule has 0 aliphatic carbocycles. The van der Waals surface area contributed by atoms with Gasteiger partial charge in [-0.15, -0.1) is 0 Å². The van der Waals surface area contributed by atoms with Gasteiger partial charge in [-0.2, -0.15) is 0 Å². The van der Waals surface area contributed by atoms with E-state index < -0.39 is 0 Å². The van der Waals surface area contributed by atoms with Gasteiger partial charge < -0.3 is 9.84 Å². The third-order valence-corrected chi connectivity index (χ3v) is 2.99. The lowest BCUT2D eigenvalue weighted by Crippen LogP contribution is -1.91. The van der Waals surface area contributed by atoms with E-state index in [9.17, 15) is 5.11 Å². The van der Waals surface area contributed by atoms with Crippen LogP contribution in [0.3, 0.4) is 0 Å². The summed E-state index contributed by atoms with van der Waals surface area (Å²) in [4.78, 5) is 0. The lowest BCUT2D eigenvalue weighted by atomic mass is 10.0. The van der Waals surface area contributed by atoms with E-state index >= 15 is 0 Å². The maximum Gasteiger partial charge on any atom is 0.120 e. The van der Waals surface area contributed by atoms with Crippen molar-refractivity contribution in [1.82, 2.24) is 0 Å². The van der Waals surface area contributed by atoms with Crippen molar-refractivity contribution < 1.29 is 9.84 Å². The molecule has 0 saturated heterocycles. The van der Waals surface area contributed by atoms with Crippen LogP contribution < -0.4 is 4.74 Å². The number of hydrogen-bond acceptors (Lipinski definition) is 2. The molecule has 0 unspecified atom stereocenters. The topological polar surface area (TPSA) is 29.5 Å². The van der Waals surface area contributed by atoms with Crippen LogP contribution >= 0.6 is 11.6 Å². The Morgan fingerprint density at radius 2 is 1.82 bits per heavy atom. The van der Waals surface area contributed by atoms with Gasteiger partial charge in [-0.25, -0.2) is 0 Å². The molecule has 0 aliphatic heterocycles. The number of halogens is 1. The van der Waals surface area contributed by atoms with E-state index in [0.29, 0.717) is 11.4 Å². The molecule has 1 N–H and O–H groups in total. The summed E-state index contributed by atoms with van der Waals surface area (Å²) in [6, 6.07) is 12.9. The zero-order chi connectivity index (χ0) is 12.3. The molecule has 0 aromatic heterocycles. The lowest BCUT2D eigenvalue weighted by molar-refractivity contribution is 0.414. The van der Waals surface area contributed by atoms with E-state index in [2.05, 4.69) is 0 Å². The minimum atomic E-state index is 0.230. The first kappa shape index (κ1) is 11.8. The van der Waals surface area contributed by atoms with Gasteiger partial charge in [0.1, 0.15) is 11.5 Å². The molecule has 88 valence electrons. The number of phenolic OH excluding ortho intramolecular Hbond substituents is 1. The average molecular weight is 249 g/mol. The number of phenols is 1. The maximum absolute atomic E-state index is 9.74. The predicted molar refractivity (Wildman–Crippen MR) is 68.9 cm³/mol. The normalized spacial score (nSPS) is 10.2. The van der Waals surface area contributed by atoms with Crippen LogP contribution in [0, 0.1) is 0 Å². The molecule has 0 fully saturated rings. The van der Waals surface area contributed by atoms with Crippen molar-refractivity contribution in [2.45, 2.75) is 6.42 Å². The van der Waals surface area contributed by atoms with E-state index in [1.165, 1.54) is 0 Å². The molecule has 17 heavy (non-hydrogen) atoms. The van der Waals surface area contributed by atoms with Crippen LogP contribution in [0.1, 0.15) is 11.1 Å². The molecule has 0 spiro atoms. The zero-order valence-electron chi connectivity index (χ0n) is 9.48. The summed E-state index contributed by atoms with van der Waals surface area (Å²) in [5, 5.41) is 10.3. The second-order valence-electron chi connectivity index (χ2n) is 3.76. The molecule has 0 aliphatic rings. The highest BCUT2D eigenvalue weighted by Crippen LogP contribution is 2.28. The molecule has 2 rings (SSSR count). The first-order valence-electron chi connectivity index (χ1n) is 5.30. The molecule has 0 radical (unpaired) electrons.